The number of benzene rings is 3. The zero-order valence-corrected chi connectivity index (χ0v) is 21.5. The zero-order chi connectivity index (χ0) is 25.9. The lowest BCUT2D eigenvalue weighted by atomic mass is 9.94. The van der Waals surface area contributed by atoms with Crippen molar-refractivity contribution in [2.24, 2.45) is 0 Å². The Morgan fingerprint density at radius 3 is 2.25 bits per heavy atom. The summed E-state index contributed by atoms with van der Waals surface area (Å²) in [6.45, 7) is 7.81. The van der Waals surface area contributed by atoms with E-state index in [0.29, 0.717) is 30.6 Å². The molecule has 0 fully saturated rings. The third-order valence-electron chi connectivity index (χ3n) is 6.39. The molecule has 0 radical (unpaired) electrons. The van der Waals surface area contributed by atoms with Crippen LogP contribution in [0, 0.1) is 5.82 Å². The van der Waals surface area contributed by atoms with Crippen LogP contribution in [0.2, 0.25) is 0 Å². The van der Waals surface area contributed by atoms with Crippen LogP contribution in [0.4, 0.5) is 4.39 Å². The maximum atomic E-state index is 14.8. The van der Waals surface area contributed by atoms with Gasteiger partial charge in [0.25, 0.3) is 0 Å². The molecule has 36 heavy (non-hydrogen) atoms. The molecular formula is C32H37FO3. The average molecular weight is 489 g/mol. The SMILES string of the molecule is C=C(C)C(=O)OCCCc1cc(-c2ccc(-c3ccc(CCCCC)cc3F)cc2)ccc1CCO. The van der Waals surface area contributed by atoms with Crippen LogP contribution in [0.5, 0.6) is 0 Å². The van der Waals surface area contributed by atoms with Crippen LogP contribution in [-0.4, -0.2) is 24.3 Å². The van der Waals surface area contributed by atoms with Gasteiger partial charge in [-0.25, -0.2) is 9.18 Å². The number of aryl methyl sites for hydroxylation is 2. The van der Waals surface area contributed by atoms with Crippen molar-refractivity contribution in [2.45, 2.75) is 58.8 Å². The van der Waals surface area contributed by atoms with Crippen LogP contribution in [0.3, 0.4) is 0 Å². The molecule has 0 aromatic heterocycles. The molecule has 0 aliphatic heterocycles. The van der Waals surface area contributed by atoms with Crippen molar-refractivity contribution in [3.63, 3.8) is 0 Å². The molecule has 0 spiro atoms. The lowest BCUT2D eigenvalue weighted by molar-refractivity contribution is -0.139. The summed E-state index contributed by atoms with van der Waals surface area (Å²) < 4.78 is 20.0. The van der Waals surface area contributed by atoms with Gasteiger partial charge in [-0.3, -0.25) is 0 Å². The zero-order valence-electron chi connectivity index (χ0n) is 21.5. The fourth-order valence-corrected chi connectivity index (χ4v) is 4.32. The first-order valence-corrected chi connectivity index (χ1v) is 12.9. The van der Waals surface area contributed by atoms with E-state index in [0.717, 1.165) is 65.5 Å². The van der Waals surface area contributed by atoms with Gasteiger partial charge in [-0.2, -0.15) is 0 Å². The molecule has 3 aromatic rings. The lowest BCUT2D eigenvalue weighted by Crippen LogP contribution is -2.07. The number of carbonyl (C=O) groups is 1. The number of esters is 1. The first-order valence-electron chi connectivity index (χ1n) is 12.9. The van der Waals surface area contributed by atoms with Gasteiger partial charge in [0.05, 0.1) is 6.61 Å². The largest absolute Gasteiger partial charge is 0.462 e. The summed E-state index contributed by atoms with van der Waals surface area (Å²) in [4.78, 5) is 11.6. The predicted molar refractivity (Wildman–Crippen MR) is 145 cm³/mol. The third kappa shape index (κ3) is 7.63. The number of rotatable bonds is 13. The first kappa shape index (κ1) is 27.3. The van der Waals surface area contributed by atoms with Crippen LogP contribution in [0.15, 0.2) is 72.8 Å². The second-order valence-corrected chi connectivity index (χ2v) is 9.33. The molecule has 0 amide bonds. The van der Waals surface area contributed by atoms with E-state index in [-0.39, 0.29) is 18.4 Å². The Kier molecular flexibility index (Phi) is 10.4. The Labute approximate surface area is 214 Å². The molecule has 0 saturated heterocycles. The molecule has 0 unspecified atom stereocenters. The second kappa shape index (κ2) is 13.7. The summed E-state index contributed by atoms with van der Waals surface area (Å²) in [5.74, 6) is -0.554. The van der Waals surface area contributed by atoms with Gasteiger partial charge in [0, 0.05) is 17.7 Å². The van der Waals surface area contributed by atoms with E-state index in [2.05, 4.69) is 25.6 Å². The van der Waals surface area contributed by atoms with Crippen molar-refractivity contribution in [1.82, 2.24) is 0 Å². The highest BCUT2D eigenvalue weighted by Gasteiger charge is 2.10. The molecule has 3 nitrogen and oxygen atoms in total. The van der Waals surface area contributed by atoms with Crippen LogP contribution in [0.25, 0.3) is 22.3 Å². The van der Waals surface area contributed by atoms with E-state index in [1.54, 1.807) is 13.0 Å². The summed E-state index contributed by atoms with van der Waals surface area (Å²) >= 11 is 0. The number of unbranched alkanes of at least 4 members (excludes halogenated alkanes) is 2. The van der Waals surface area contributed by atoms with Crippen molar-refractivity contribution >= 4 is 5.97 Å². The van der Waals surface area contributed by atoms with E-state index in [1.165, 1.54) is 0 Å². The Balaban J connectivity index is 1.73. The molecule has 190 valence electrons. The highest BCUT2D eigenvalue weighted by Crippen LogP contribution is 2.29. The number of hydrogen-bond donors (Lipinski definition) is 1. The molecule has 0 saturated carbocycles. The highest BCUT2D eigenvalue weighted by molar-refractivity contribution is 5.86. The van der Waals surface area contributed by atoms with Gasteiger partial charge in [0.2, 0.25) is 0 Å². The van der Waals surface area contributed by atoms with Gasteiger partial charge < -0.3 is 9.84 Å². The Bertz CT molecular complexity index is 1160. The summed E-state index contributed by atoms with van der Waals surface area (Å²) in [5, 5.41) is 9.46. The second-order valence-electron chi connectivity index (χ2n) is 9.33. The Hall–Kier alpha value is -3.24. The van der Waals surface area contributed by atoms with Gasteiger partial charge in [0.1, 0.15) is 5.82 Å². The molecule has 0 bridgehead atoms. The minimum Gasteiger partial charge on any atom is -0.462 e. The molecule has 0 aliphatic rings. The molecular weight excluding hydrogens is 451 g/mol. The van der Waals surface area contributed by atoms with Gasteiger partial charge >= 0.3 is 5.97 Å². The fourth-order valence-electron chi connectivity index (χ4n) is 4.32. The number of carbonyl (C=O) groups excluding carboxylic acids is 1. The summed E-state index contributed by atoms with van der Waals surface area (Å²) in [6, 6.07) is 19.8. The number of halogens is 1. The van der Waals surface area contributed by atoms with Crippen molar-refractivity contribution in [3.05, 3.63) is 95.3 Å². The average Bonchev–Trinajstić information content (AvgIpc) is 2.88. The van der Waals surface area contributed by atoms with Crippen molar-refractivity contribution in [1.29, 1.82) is 0 Å². The first-order chi connectivity index (χ1) is 17.4. The normalized spacial score (nSPS) is 10.9. The minimum absolute atomic E-state index is 0.0780. The minimum atomic E-state index is -0.373. The molecule has 0 heterocycles. The molecule has 1 N–H and O–H groups in total. The molecule has 0 atom stereocenters. The number of ether oxygens (including phenoxy) is 1. The van der Waals surface area contributed by atoms with E-state index in [1.807, 2.05) is 42.5 Å². The third-order valence-corrected chi connectivity index (χ3v) is 6.39. The molecule has 4 heteroatoms. The monoisotopic (exact) mass is 488 g/mol. The Morgan fingerprint density at radius 1 is 0.861 bits per heavy atom. The Morgan fingerprint density at radius 2 is 1.58 bits per heavy atom. The quantitative estimate of drug-likeness (QED) is 0.154. The van der Waals surface area contributed by atoms with Crippen molar-refractivity contribution < 1.29 is 19.0 Å². The van der Waals surface area contributed by atoms with E-state index < -0.39 is 0 Å². The van der Waals surface area contributed by atoms with Gasteiger partial charge in [-0.15, -0.1) is 0 Å². The van der Waals surface area contributed by atoms with Crippen molar-refractivity contribution in [2.75, 3.05) is 13.2 Å². The van der Waals surface area contributed by atoms with Crippen molar-refractivity contribution in [3.8, 4) is 22.3 Å². The number of hydrogen-bond acceptors (Lipinski definition) is 3. The van der Waals surface area contributed by atoms with Gasteiger partial charge in [0.15, 0.2) is 0 Å². The topological polar surface area (TPSA) is 46.5 Å². The summed E-state index contributed by atoms with van der Waals surface area (Å²) in [6.07, 6.45) is 6.32. The van der Waals surface area contributed by atoms with Gasteiger partial charge in [-0.1, -0.05) is 80.9 Å². The van der Waals surface area contributed by atoms with Crippen LogP contribution in [-0.2, 0) is 28.8 Å². The maximum Gasteiger partial charge on any atom is 0.333 e. The molecule has 3 rings (SSSR count). The number of aliphatic hydroxyl groups is 1. The van der Waals surface area contributed by atoms with E-state index in [9.17, 15) is 14.3 Å². The fraction of sp³-hybridized carbons (Fsp3) is 0.344. The highest BCUT2D eigenvalue weighted by atomic mass is 19.1. The summed E-state index contributed by atoms with van der Waals surface area (Å²) in [5.41, 5.74) is 7.23. The van der Waals surface area contributed by atoms with Crippen LogP contribution >= 0.6 is 0 Å². The predicted octanol–water partition coefficient (Wildman–Crippen LogP) is 7.48. The van der Waals surface area contributed by atoms with Gasteiger partial charge in [-0.05, 0) is 78.5 Å². The maximum absolute atomic E-state index is 14.8. The lowest BCUT2D eigenvalue weighted by Gasteiger charge is -2.13. The number of aliphatic hydroxyl groups excluding tert-OH is 1. The molecule has 3 aromatic carbocycles. The van der Waals surface area contributed by atoms with Crippen LogP contribution < -0.4 is 0 Å². The smallest absolute Gasteiger partial charge is 0.333 e. The standard InChI is InChI=1S/C32H37FO3/c1-4-5-6-8-24-10-17-30(31(33)21-24)27-14-11-25(12-15-27)29-16-13-26(18-19-34)28(22-29)9-7-20-36-32(35)23(2)3/h10-17,21-22,34H,2,4-9,18-20H2,1,3H3. The summed E-state index contributed by atoms with van der Waals surface area (Å²) in [7, 11) is 0. The van der Waals surface area contributed by atoms with E-state index in [4.69, 9.17) is 4.74 Å². The van der Waals surface area contributed by atoms with Crippen LogP contribution in [0.1, 0.15) is 56.2 Å². The van der Waals surface area contributed by atoms with E-state index >= 15 is 0 Å². The molecule has 0 aliphatic carbocycles.